The summed E-state index contributed by atoms with van der Waals surface area (Å²) < 4.78 is 9.91. The van der Waals surface area contributed by atoms with Crippen molar-refractivity contribution in [2.45, 2.75) is 155 Å². The Morgan fingerprint density at radius 1 is 0.543 bits per heavy atom. The van der Waals surface area contributed by atoms with Crippen LogP contribution in [0.5, 0.6) is 0 Å². The fraction of sp³-hybridized carbons (Fsp3) is 0.844. The van der Waals surface area contributed by atoms with Crippen LogP contribution < -0.4 is 0 Å². The maximum Gasteiger partial charge on any atom is 0.305 e. The van der Waals surface area contributed by atoms with Gasteiger partial charge in [0.1, 0.15) is 6.61 Å². The van der Waals surface area contributed by atoms with Crippen LogP contribution >= 0.6 is 0 Å². The molecule has 0 rings (SSSR count). The molecule has 0 aliphatic heterocycles. The van der Waals surface area contributed by atoms with Gasteiger partial charge in [-0.15, -0.1) is 0 Å². The van der Waals surface area contributed by atoms with E-state index < -0.39 is 0 Å². The zero-order valence-corrected chi connectivity index (χ0v) is 23.4. The first-order valence-corrected chi connectivity index (χ1v) is 14.9. The summed E-state index contributed by atoms with van der Waals surface area (Å²) in [6, 6.07) is 0. The van der Waals surface area contributed by atoms with Crippen LogP contribution in [0.1, 0.15) is 155 Å². The molecule has 0 aliphatic carbocycles. The van der Waals surface area contributed by atoms with E-state index in [1.54, 1.807) is 7.11 Å². The van der Waals surface area contributed by atoms with Crippen molar-refractivity contribution in [1.82, 2.24) is 0 Å². The first-order chi connectivity index (χ1) is 17.3. The molecule has 0 saturated carbocycles. The molecule has 0 aliphatic rings. The van der Waals surface area contributed by atoms with Crippen LogP contribution in [-0.4, -0.2) is 26.3 Å². The molecule has 0 N–H and O–H groups in total. The Balaban J connectivity index is 3.27. The number of unbranched alkanes of at least 4 members (excludes halogenated alkanes) is 20. The normalized spacial score (nSPS) is 10.3. The fourth-order valence-corrected chi connectivity index (χ4v) is 4.12. The number of hydrogen-bond acceptors (Lipinski definition) is 3. The first kappa shape index (κ1) is 33.5. The molecule has 0 fully saturated rings. The van der Waals surface area contributed by atoms with Gasteiger partial charge in [0.25, 0.3) is 0 Å². The lowest BCUT2D eigenvalue weighted by molar-refractivity contribution is -0.145. The molecule has 0 aromatic rings. The average Bonchev–Trinajstić information content (AvgIpc) is 2.86. The second-order valence-electron chi connectivity index (χ2n) is 9.78. The van der Waals surface area contributed by atoms with Crippen LogP contribution in [0.2, 0.25) is 0 Å². The van der Waals surface area contributed by atoms with Crippen LogP contribution in [0.3, 0.4) is 0 Å². The van der Waals surface area contributed by atoms with E-state index in [4.69, 9.17) is 9.47 Å². The number of hydrogen-bond donors (Lipinski definition) is 0. The van der Waals surface area contributed by atoms with E-state index in [0.29, 0.717) is 19.6 Å². The van der Waals surface area contributed by atoms with Crippen LogP contribution in [0.25, 0.3) is 0 Å². The molecule has 0 saturated heterocycles. The predicted molar refractivity (Wildman–Crippen MR) is 150 cm³/mol. The zero-order chi connectivity index (χ0) is 25.5. The van der Waals surface area contributed by atoms with Crippen molar-refractivity contribution in [3.8, 4) is 23.7 Å². The molecule has 0 radical (unpaired) electrons. The number of ether oxygens (including phenoxy) is 2. The summed E-state index contributed by atoms with van der Waals surface area (Å²) in [5.41, 5.74) is 0. The molecule has 3 nitrogen and oxygen atoms in total. The van der Waals surface area contributed by atoms with Crippen LogP contribution in [0.15, 0.2) is 0 Å². The van der Waals surface area contributed by atoms with Crippen molar-refractivity contribution in [2.75, 3.05) is 20.3 Å². The minimum absolute atomic E-state index is 0.109. The Morgan fingerprint density at radius 3 is 1.37 bits per heavy atom. The molecule has 0 spiro atoms. The van der Waals surface area contributed by atoms with E-state index in [0.717, 1.165) is 32.1 Å². The molecule has 35 heavy (non-hydrogen) atoms. The van der Waals surface area contributed by atoms with E-state index in [-0.39, 0.29) is 5.97 Å². The quantitative estimate of drug-likeness (QED) is 0.0730. The average molecular weight is 489 g/mol. The summed E-state index contributed by atoms with van der Waals surface area (Å²) in [7, 11) is 1.61. The molecular formula is C32H56O3. The molecule has 0 bridgehead atoms. The van der Waals surface area contributed by atoms with Gasteiger partial charge in [-0.25, -0.2) is 0 Å². The van der Waals surface area contributed by atoms with Gasteiger partial charge in [0.15, 0.2) is 0 Å². The standard InChI is InChI=1S/C32H56O3/c1-3-4-5-6-7-8-9-10-11-12-13-14-15-16-17-18-19-20-21-22-23-24-25-26-27-28-29-32(33)35-31-30-34-2/h3-17,22-31H2,1-2H3. The van der Waals surface area contributed by atoms with E-state index >= 15 is 0 Å². The van der Waals surface area contributed by atoms with E-state index in [1.807, 2.05) is 0 Å². The Kier molecular flexibility index (Phi) is 29.3. The van der Waals surface area contributed by atoms with E-state index in [2.05, 4.69) is 30.6 Å². The number of carbonyl (C=O) groups is 1. The van der Waals surface area contributed by atoms with Crippen molar-refractivity contribution < 1.29 is 14.3 Å². The molecule has 0 unspecified atom stereocenters. The lowest BCUT2D eigenvalue weighted by atomic mass is 10.0. The van der Waals surface area contributed by atoms with Crippen molar-refractivity contribution in [1.29, 1.82) is 0 Å². The largest absolute Gasteiger partial charge is 0.463 e. The molecule has 0 heterocycles. The molecule has 3 heteroatoms. The smallest absolute Gasteiger partial charge is 0.305 e. The highest BCUT2D eigenvalue weighted by Gasteiger charge is 2.01. The molecule has 0 atom stereocenters. The highest BCUT2D eigenvalue weighted by Crippen LogP contribution is 2.13. The highest BCUT2D eigenvalue weighted by atomic mass is 16.6. The van der Waals surface area contributed by atoms with Gasteiger partial charge in [-0.3, -0.25) is 4.79 Å². The maximum atomic E-state index is 11.5. The van der Waals surface area contributed by atoms with Gasteiger partial charge in [0.05, 0.1) is 6.61 Å². The third kappa shape index (κ3) is 30.5. The zero-order valence-electron chi connectivity index (χ0n) is 23.4. The van der Waals surface area contributed by atoms with Crippen LogP contribution in [-0.2, 0) is 14.3 Å². The molecule has 0 aromatic carbocycles. The summed E-state index contributed by atoms with van der Waals surface area (Å²) in [6.45, 7) is 3.12. The Labute approximate surface area is 218 Å². The second-order valence-corrected chi connectivity index (χ2v) is 9.78. The maximum absolute atomic E-state index is 11.5. The summed E-state index contributed by atoms with van der Waals surface area (Å²) in [6.07, 6.45) is 28.8. The molecule has 202 valence electrons. The lowest BCUT2D eigenvalue weighted by Crippen LogP contribution is -2.09. The van der Waals surface area contributed by atoms with Crippen LogP contribution in [0, 0.1) is 23.7 Å². The monoisotopic (exact) mass is 488 g/mol. The highest BCUT2D eigenvalue weighted by molar-refractivity contribution is 5.69. The van der Waals surface area contributed by atoms with Gasteiger partial charge in [-0.2, -0.15) is 0 Å². The summed E-state index contributed by atoms with van der Waals surface area (Å²) in [5, 5.41) is 0. The summed E-state index contributed by atoms with van der Waals surface area (Å²) in [5.74, 6) is 12.3. The third-order valence-electron chi connectivity index (χ3n) is 6.38. The van der Waals surface area contributed by atoms with Crippen molar-refractivity contribution in [3.05, 3.63) is 0 Å². The lowest BCUT2D eigenvalue weighted by Gasteiger charge is -2.04. The second kappa shape index (κ2) is 30.6. The van der Waals surface area contributed by atoms with Crippen molar-refractivity contribution in [2.24, 2.45) is 0 Å². The number of methoxy groups -OCH3 is 1. The Hall–Kier alpha value is -1.45. The van der Waals surface area contributed by atoms with Crippen molar-refractivity contribution in [3.63, 3.8) is 0 Å². The molecule has 0 amide bonds. The Bertz CT molecular complexity index is 561. The van der Waals surface area contributed by atoms with Gasteiger partial charge < -0.3 is 9.47 Å². The summed E-state index contributed by atoms with van der Waals surface area (Å²) in [4.78, 5) is 11.5. The van der Waals surface area contributed by atoms with E-state index in [1.165, 1.54) is 109 Å². The topological polar surface area (TPSA) is 35.5 Å². The SMILES string of the molecule is CCCCCCCCCCCCCCCCC#CC#CCCCCCCCCC(=O)OCCOC. The number of rotatable bonds is 25. The van der Waals surface area contributed by atoms with E-state index in [9.17, 15) is 4.79 Å². The van der Waals surface area contributed by atoms with Gasteiger partial charge in [0, 0.05) is 26.4 Å². The summed E-state index contributed by atoms with van der Waals surface area (Å²) >= 11 is 0. The van der Waals surface area contributed by atoms with Gasteiger partial charge >= 0.3 is 5.97 Å². The molecular weight excluding hydrogens is 432 g/mol. The van der Waals surface area contributed by atoms with Crippen molar-refractivity contribution >= 4 is 5.97 Å². The van der Waals surface area contributed by atoms with Gasteiger partial charge in [0.2, 0.25) is 0 Å². The fourth-order valence-electron chi connectivity index (χ4n) is 4.12. The molecule has 0 aromatic heterocycles. The van der Waals surface area contributed by atoms with Crippen LogP contribution in [0.4, 0.5) is 0 Å². The minimum Gasteiger partial charge on any atom is -0.463 e. The van der Waals surface area contributed by atoms with Gasteiger partial charge in [-0.1, -0.05) is 128 Å². The number of carbonyl (C=O) groups excluding carboxylic acids is 1. The first-order valence-electron chi connectivity index (χ1n) is 14.9. The third-order valence-corrected chi connectivity index (χ3v) is 6.38. The predicted octanol–water partition coefficient (Wildman–Crippen LogP) is 9.18. The van der Waals surface area contributed by atoms with Gasteiger partial charge in [-0.05, 0) is 31.1 Å². The number of esters is 1. The Morgan fingerprint density at radius 2 is 0.943 bits per heavy atom. The minimum atomic E-state index is -0.109.